The highest BCUT2D eigenvalue weighted by Crippen LogP contribution is 2.27. The number of anilines is 2. The largest absolute Gasteiger partial charge is 0.383 e. The molecule has 1 aromatic rings. The lowest BCUT2D eigenvalue weighted by molar-refractivity contribution is 0.544. The number of hydrogen-bond acceptors (Lipinski definition) is 4. The Hall–Kier alpha value is -1.32. The van der Waals surface area contributed by atoms with Crippen LogP contribution in [-0.4, -0.2) is 23.6 Å². The van der Waals surface area contributed by atoms with Crippen LogP contribution in [0.5, 0.6) is 0 Å². The van der Waals surface area contributed by atoms with Crippen molar-refractivity contribution in [1.29, 1.82) is 0 Å². The highest BCUT2D eigenvalue weighted by molar-refractivity contribution is 5.55. The molecule has 0 amide bonds. The number of hydrogen-bond donors (Lipinski definition) is 1. The summed E-state index contributed by atoms with van der Waals surface area (Å²) in [4.78, 5) is 10.5. The average molecular weight is 220 g/mol. The molecular formula is C12H20N4. The molecule has 0 radical (unpaired) electrons. The van der Waals surface area contributed by atoms with Gasteiger partial charge in [0.1, 0.15) is 18.0 Å². The summed E-state index contributed by atoms with van der Waals surface area (Å²) in [6.45, 7) is 3.06. The maximum Gasteiger partial charge on any atom is 0.136 e. The molecule has 1 fully saturated rings. The fraction of sp³-hybridized carbons (Fsp3) is 0.667. The van der Waals surface area contributed by atoms with Crippen molar-refractivity contribution in [2.24, 2.45) is 5.92 Å². The minimum Gasteiger partial charge on any atom is -0.383 e. The lowest BCUT2D eigenvalue weighted by Crippen LogP contribution is -2.26. The Bertz CT molecular complexity index is 358. The number of nitrogen functional groups attached to an aromatic ring is 1. The van der Waals surface area contributed by atoms with E-state index in [0.717, 1.165) is 23.8 Å². The first kappa shape index (κ1) is 11.2. The Kier molecular flexibility index (Phi) is 3.27. The van der Waals surface area contributed by atoms with Crippen LogP contribution in [-0.2, 0) is 0 Å². The molecule has 1 aliphatic rings. The predicted molar refractivity (Wildman–Crippen MR) is 66.4 cm³/mol. The van der Waals surface area contributed by atoms with Gasteiger partial charge in [-0.15, -0.1) is 0 Å². The van der Waals surface area contributed by atoms with Crippen molar-refractivity contribution in [1.82, 2.24) is 9.97 Å². The third-order valence-corrected chi connectivity index (χ3v) is 3.46. The third-order valence-electron chi connectivity index (χ3n) is 3.46. The normalized spacial score (nSPS) is 16.6. The van der Waals surface area contributed by atoms with Crippen molar-refractivity contribution in [3.63, 3.8) is 0 Å². The second-order valence-corrected chi connectivity index (χ2v) is 4.74. The van der Waals surface area contributed by atoms with Crippen LogP contribution in [0.3, 0.4) is 0 Å². The van der Waals surface area contributed by atoms with E-state index in [9.17, 15) is 0 Å². The van der Waals surface area contributed by atoms with Gasteiger partial charge in [0.05, 0.1) is 0 Å². The second-order valence-electron chi connectivity index (χ2n) is 4.74. The lowest BCUT2D eigenvalue weighted by atomic mass is 10.1. The number of nitrogens with two attached hydrogens (primary N) is 1. The van der Waals surface area contributed by atoms with Crippen LogP contribution in [0.25, 0.3) is 0 Å². The molecule has 1 aliphatic carbocycles. The predicted octanol–water partition coefficient (Wildman–Crippen LogP) is 1.99. The highest BCUT2D eigenvalue weighted by atomic mass is 15.2. The maximum absolute atomic E-state index is 5.79. The molecule has 4 heteroatoms. The first-order chi connectivity index (χ1) is 7.68. The monoisotopic (exact) mass is 220 g/mol. The molecule has 1 aromatic heterocycles. The molecule has 2 rings (SSSR count). The van der Waals surface area contributed by atoms with E-state index in [1.54, 1.807) is 6.33 Å². The van der Waals surface area contributed by atoms with Crippen LogP contribution in [0, 0.1) is 12.8 Å². The molecule has 1 saturated carbocycles. The Morgan fingerprint density at radius 2 is 2.06 bits per heavy atom. The molecule has 4 nitrogen and oxygen atoms in total. The molecule has 88 valence electrons. The topological polar surface area (TPSA) is 55.0 Å². The summed E-state index contributed by atoms with van der Waals surface area (Å²) in [7, 11) is 2.09. The summed E-state index contributed by atoms with van der Waals surface area (Å²) >= 11 is 0. The standard InChI is InChI=1S/C12H20N4/c1-9-11(13)14-8-15-12(9)16(2)7-10-5-3-4-6-10/h8,10H,3-7H2,1-2H3,(H2,13,14,15). The molecule has 0 aromatic carbocycles. The zero-order valence-corrected chi connectivity index (χ0v) is 10.1. The van der Waals surface area contributed by atoms with Gasteiger partial charge in [-0.1, -0.05) is 12.8 Å². The average Bonchev–Trinajstić information content (AvgIpc) is 2.74. The second kappa shape index (κ2) is 4.68. The summed E-state index contributed by atoms with van der Waals surface area (Å²) in [5, 5.41) is 0. The van der Waals surface area contributed by atoms with Crippen LogP contribution in [0.15, 0.2) is 6.33 Å². The van der Waals surface area contributed by atoms with E-state index in [1.807, 2.05) is 6.92 Å². The van der Waals surface area contributed by atoms with Crippen molar-refractivity contribution in [2.45, 2.75) is 32.6 Å². The molecule has 0 spiro atoms. The van der Waals surface area contributed by atoms with E-state index in [2.05, 4.69) is 21.9 Å². The van der Waals surface area contributed by atoms with E-state index < -0.39 is 0 Å². The molecule has 2 N–H and O–H groups in total. The maximum atomic E-state index is 5.79. The number of rotatable bonds is 3. The van der Waals surface area contributed by atoms with Crippen LogP contribution >= 0.6 is 0 Å². The van der Waals surface area contributed by atoms with E-state index in [-0.39, 0.29) is 0 Å². The van der Waals surface area contributed by atoms with Gasteiger partial charge in [-0.05, 0) is 25.7 Å². The van der Waals surface area contributed by atoms with Gasteiger partial charge in [0, 0.05) is 19.2 Å². The van der Waals surface area contributed by atoms with E-state index in [4.69, 9.17) is 5.73 Å². The van der Waals surface area contributed by atoms with Crippen molar-refractivity contribution in [3.8, 4) is 0 Å². The summed E-state index contributed by atoms with van der Waals surface area (Å²) < 4.78 is 0. The van der Waals surface area contributed by atoms with Gasteiger partial charge in [0.2, 0.25) is 0 Å². The first-order valence-corrected chi connectivity index (χ1v) is 5.96. The molecule has 0 bridgehead atoms. The van der Waals surface area contributed by atoms with E-state index in [0.29, 0.717) is 5.82 Å². The summed E-state index contributed by atoms with van der Waals surface area (Å²) in [5.41, 5.74) is 6.78. The highest BCUT2D eigenvalue weighted by Gasteiger charge is 2.18. The number of nitrogens with zero attached hydrogens (tertiary/aromatic N) is 3. The number of aromatic nitrogens is 2. The molecule has 0 unspecified atom stereocenters. The lowest BCUT2D eigenvalue weighted by Gasteiger charge is -2.23. The SMILES string of the molecule is Cc1c(N)ncnc1N(C)CC1CCCC1. The van der Waals surface area contributed by atoms with Crippen LogP contribution in [0.4, 0.5) is 11.6 Å². The first-order valence-electron chi connectivity index (χ1n) is 5.96. The smallest absolute Gasteiger partial charge is 0.136 e. The van der Waals surface area contributed by atoms with Gasteiger partial charge in [-0.25, -0.2) is 9.97 Å². The molecule has 1 heterocycles. The van der Waals surface area contributed by atoms with Crippen LogP contribution in [0.1, 0.15) is 31.2 Å². The van der Waals surface area contributed by atoms with Gasteiger partial charge >= 0.3 is 0 Å². The van der Waals surface area contributed by atoms with Crippen molar-refractivity contribution in [2.75, 3.05) is 24.2 Å². The van der Waals surface area contributed by atoms with E-state index >= 15 is 0 Å². The molecule has 0 atom stereocenters. The van der Waals surface area contributed by atoms with Gasteiger partial charge in [-0.3, -0.25) is 0 Å². The Morgan fingerprint density at radius 3 is 2.75 bits per heavy atom. The summed E-state index contributed by atoms with van der Waals surface area (Å²) in [6, 6.07) is 0. The van der Waals surface area contributed by atoms with Crippen molar-refractivity contribution < 1.29 is 0 Å². The van der Waals surface area contributed by atoms with Crippen molar-refractivity contribution in [3.05, 3.63) is 11.9 Å². The molecule has 16 heavy (non-hydrogen) atoms. The van der Waals surface area contributed by atoms with Crippen molar-refractivity contribution >= 4 is 11.6 Å². The van der Waals surface area contributed by atoms with E-state index in [1.165, 1.54) is 25.7 Å². The third kappa shape index (κ3) is 2.26. The van der Waals surface area contributed by atoms with Gasteiger partial charge in [0.15, 0.2) is 0 Å². The fourth-order valence-electron chi connectivity index (χ4n) is 2.51. The molecule has 0 saturated heterocycles. The van der Waals surface area contributed by atoms with Gasteiger partial charge in [-0.2, -0.15) is 0 Å². The summed E-state index contributed by atoms with van der Waals surface area (Å²) in [6.07, 6.45) is 7.00. The molecule has 0 aliphatic heterocycles. The Labute approximate surface area is 96.9 Å². The van der Waals surface area contributed by atoms with Gasteiger partial charge in [0.25, 0.3) is 0 Å². The quantitative estimate of drug-likeness (QED) is 0.846. The minimum atomic E-state index is 0.586. The molecular weight excluding hydrogens is 200 g/mol. The van der Waals surface area contributed by atoms with Crippen LogP contribution < -0.4 is 10.6 Å². The minimum absolute atomic E-state index is 0.586. The fourth-order valence-corrected chi connectivity index (χ4v) is 2.51. The Balaban J connectivity index is 2.07. The zero-order valence-electron chi connectivity index (χ0n) is 10.1. The van der Waals surface area contributed by atoms with Gasteiger partial charge < -0.3 is 10.6 Å². The summed E-state index contributed by atoms with van der Waals surface area (Å²) in [5.74, 6) is 2.38. The zero-order chi connectivity index (χ0) is 11.5. The Morgan fingerprint density at radius 1 is 1.38 bits per heavy atom. The van der Waals surface area contributed by atoms with Crippen LogP contribution in [0.2, 0.25) is 0 Å².